The molecule has 0 saturated carbocycles. The molecule has 0 heterocycles. The highest BCUT2D eigenvalue weighted by Gasteiger charge is 2.20. The monoisotopic (exact) mass is 274 g/mol. The van der Waals surface area contributed by atoms with Crippen LogP contribution in [0.3, 0.4) is 0 Å². The number of nitrogens with one attached hydrogen (secondary N) is 1. The van der Waals surface area contributed by atoms with Crippen molar-refractivity contribution in [2.75, 3.05) is 5.73 Å². The van der Waals surface area contributed by atoms with Crippen LogP contribution in [0.1, 0.15) is 27.2 Å². The number of hydrogen-bond donors (Lipinski definition) is 2. The second-order valence-corrected chi connectivity index (χ2v) is 6.52. The number of rotatable bonds is 5. The third kappa shape index (κ3) is 3.96. The van der Waals surface area contributed by atoms with Gasteiger partial charge in [0.2, 0.25) is 10.0 Å². The standard InChI is InChI=1S/C12H19FN2O2S/c1-8(2)6-9(3)15-18(16,17)12-5-4-10(13)7-11(12)14/h4-5,7-9,15H,6,14H2,1-3H3. The maximum Gasteiger partial charge on any atom is 0.242 e. The molecule has 1 aromatic carbocycles. The van der Waals surface area contributed by atoms with E-state index in [4.69, 9.17) is 5.73 Å². The molecule has 0 aliphatic heterocycles. The lowest BCUT2D eigenvalue weighted by Crippen LogP contribution is -2.33. The van der Waals surface area contributed by atoms with Crippen molar-refractivity contribution in [1.29, 1.82) is 0 Å². The average Bonchev–Trinajstić information content (AvgIpc) is 2.13. The highest BCUT2D eigenvalue weighted by Crippen LogP contribution is 2.20. The minimum absolute atomic E-state index is 0.0838. The number of hydrogen-bond acceptors (Lipinski definition) is 3. The van der Waals surface area contributed by atoms with Crippen molar-refractivity contribution in [2.45, 2.75) is 38.1 Å². The van der Waals surface area contributed by atoms with Crippen LogP contribution in [0.15, 0.2) is 23.1 Å². The van der Waals surface area contributed by atoms with E-state index in [1.54, 1.807) is 6.92 Å². The number of nitrogens with two attached hydrogens (primary N) is 1. The molecule has 0 aliphatic carbocycles. The lowest BCUT2D eigenvalue weighted by Gasteiger charge is -2.16. The molecule has 6 heteroatoms. The van der Waals surface area contributed by atoms with Crippen molar-refractivity contribution in [3.05, 3.63) is 24.0 Å². The van der Waals surface area contributed by atoms with Gasteiger partial charge in [0.1, 0.15) is 10.7 Å². The largest absolute Gasteiger partial charge is 0.398 e. The summed E-state index contributed by atoms with van der Waals surface area (Å²) in [5.74, 6) is -0.171. The van der Waals surface area contributed by atoms with Crippen molar-refractivity contribution in [3.8, 4) is 0 Å². The molecule has 1 unspecified atom stereocenters. The summed E-state index contributed by atoms with van der Waals surface area (Å²) in [5, 5.41) is 0. The zero-order valence-electron chi connectivity index (χ0n) is 10.8. The topological polar surface area (TPSA) is 72.2 Å². The smallest absolute Gasteiger partial charge is 0.242 e. The normalized spacial score (nSPS) is 13.8. The van der Waals surface area contributed by atoms with E-state index in [0.29, 0.717) is 5.92 Å². The van der Waals surface area contributed by atoms with Crippen LogP contribution in [-0.2, 0) is 10.0 Å². The predicted molar refractivity (Wildman–Crippen MR) is 70.1 cm³/mol. The Balaban J connectivity index is 2.93. The van der Waals surface area contributed by atoms with Crippen LogP contribution in [0.25, 0.3) is 0 Å². The minimum Gasteiger partial charge on any atom is -0.398 e. The van der Waals surface area contributed by atoms with E-state index in [0.717, 1.165) is 18.6 Å². The quantitative estimate of drug-likeness (QED) is 0.808. The van der Waals surface area contributed by atoms with Gasteiger partial charge in [-0.1, -0.05) is 13.8 Å². The lowest BCUT2D eigenvalue weighted by atomic mass is 10.1. The fourth-order valence-electron chi connectivity index (χ4n) is 1.85. The molecule has 1 rings (SSSR count). The zero-order valence-corrected chi connectivity index (χ0v) is 11.6. The Bertz CT molecular complexity index is 515. The maximum atomic E-state index is 12.9. The summed E-state index contributed by atoms with van der Waals surface area (Å²) in [6, 6.07) is 3.06. The van der Waals surface area contributed by atoms with Gasteiger partial charge in [-0.05, 0) is 37.5 Å². The van der Waals surface area contributed by atoms with Gasteiger partial charge in [-0.25, -0.2) is 17.5 Å². The molecule has 102 valence electrons. The summed E-state index contributed by atoms with van der Waals surface area (Å²) in [6.07, 6.45) is 0.723. The van der Waals surface area contributed by atoms with Gasteiger partial charge in [0.15, 0.2) is 0 Å². The third-order valence-corrected chi connectivity index (χ3v) is 4.11. The van der Waals surface area contributed by atoms with Crippen LogP contribution < -0.4 is 10.5 Å². The van der Waals surface area contributed by atoms with Crippen LogP contribution in [-0.4, -0.2) is 14.5 Å². The molecule has 0 bridgehead atoms. The Hall–Kier alpha value is -1.14. The fraction of sp³-hybridized carbons (Fsp3) is 0.500. The molecule has 0 radical (unpaired) electrons. The van der Waals surface area contributed by atoms with E-state index >= 15 is 0 Å². The Morgan fingerprint density at radius 2 is 1.94 bits per heavy atom. The van der Waals surface area contributed by atoms with Crippen LogP contribution >= 0.6 is 0 Å². The Labute approximate surface area is 107 Å². The van der Waals surface area contributed by atoms with Gasteiger partial charge in [-0.3, -0.25) is 0 Å². The van der Waals surface area contributed by atoms with E-state index in [1.165, 1.54) is 6.07 Å². The van der Waals surface area contributed by atoms with E-state index in [2.05, 4.69) is 4.72 Å². The highest BCUT2D eigenvalue weighted by molar-refractivity contribution is 7.89. The number of halogens is 1. The Morgan fingerprint density at radius 1 is 1.33 bits per heavy atom. The van der Waals surface area contributed by atoms with Crippen LogP contribution in [0.2, 0.25) is 0 Å². The van der Waals surface area contributed by atoms with Crippen molar-refractivity contribution in [3.63, 3.8) is 0 Å². The molecule has 0 amide bonds. The maximum absolute atomic E-state index is 12.9. The SMILES string of the molecule is CC(C)CC(C)NS(=O)(=O)c1ccc(F)cc1N. The van der Waals surface area contributed by atoms with Crippen LogP contribution in [0.5, 0.6) is 0 Å². The summed E-state index contributed by atoms with van der Waals surface area (Å²) in [4.78, 5) is -0.0838. The van der Waals surface area contributed by atoms with Gasteiger partial charge in [-0.2, -0.15) is 0 Å². The molecule has 0 fully saturated rings. The summed E-state index contributed by atoms with van der Waals surface area (Å²) >= 11 is 0. The van der Waals surface area contributed by atoms with Gasteiger partial charge in [0.05, 0.1) is 5.69 Å². The molecule has 0 saturated heterocycles. The number of sulfonamides is 1. The Kier molecular flexibility index (Phi) is 4.70. The predicted octanol–water partition coefficient (Wildman–Crippen LogP) is 2.12. The summed E-state index contributed by atoms with van der Waals surface area (Å²) in [7, 11) is -3.69. The van der Waals surface area contributed by atoms with Gasteiger partial charge in [0.25, 0.3) is 0 Å². The van der Waals surface area contributed by atoms with Crippen LogP contribution in [0.4, 0.5) is 10.1 Å². The second-order valence-electron chi connectivity index (χ2n) is 4.83. The molecular formula is C12H19FN2O2S. The first-order valence-corrected chi connectivity index (χ1v) is 7.28. The van der Waals surface area contributed by atoms with Gasteiger partial charge >= 0.3 is 0 Å². The summed E-state index contributed by atoms with van der Waals surface area (Å²) < 4.78 is 39.5. The molecule has 0 aliphatic rings. The fourth-order valence-corrected chi connectivity index (χ4v) is 3.22. The Morgan fingerprint density at radius 3 is 2.44 bits per heavy atom. The van der Waals surface area contributed by atoms with Crippen molar-refractivity contribution in [1.82, 2.24) is 4.72 Å². The molecular weight excluding hydrogens is 255 g/mol. The molecule has 4 nitrogen and oxygen atoms in total. The molecule has 0 aromatic heterocycles. The average molecular weight is 274 g/mol. The zero-order chi connectivity index (χ0) is 13.9. The van der Waals surface area contributed by atoms with E-state index in [1.807, 2.05) is 13.8 Å². The lowest BCUT2D eigenvalue weighted by molar-refractivity contribution is 0.482. The summed E-state index contributed by atoms with van der Waals surface area (Å²) in [5.41, 5.74) is 5.44. The first-order chi connectivity index (χ1) is 8.22. The van der Waals surface area contributed by atoms with Gasteiger partial charge < -0.3 is 5.73 Å². The molecule has 3 N–H and O–H groups in total. The number of nitrogen functional groups attached to an aromatic ring is 1. The van der Waals surface area contributed by atoms with Crippen molar-refractivity contribution in [2.24, 2.45) is 5.92 Å². The second kappa shape index (κ2) is 5.67. The van der Waals surface area contributed by atoms with Crippen molar-refractivity contribution >= 4 is 15.7 Å². The van der Waals surface area contributed by atoms with Crippen LogP contribution in [0, 0.1) is 11.7 Å². The molecule has 1 aromatic rings. The first kappa shape index (κ1) is 14.9. The summed E-state index contributed by atoms with van der Waals surface area (Å²) in [6.45, 7) is 5.81. The van der Waals surface area contributed by atoms with Gasteiger partial charge in [-0.15, -0.1) is 0 Å². The van der Waals surface area contributed by atoms with Crippen molar-refractivity contribution < 1.29 is 12.8 Å². The first-order valence-electron chi connectivity index (χ1n) is 5.79. The highest BCUT2D eigenvalue weighted by atomic mass is 32.2. The van der Waals surface area contributed by atoms with E-state index in [-0.39, 0.29) is 16.6 Å². The molecule has 18 heavy (non-hydrogen) atoms. The number of benzene rings is 1. The third-order valence-electron chi connectivity index (χ3n) is 2.44. The molecule has 1 atom stereocenters. The van der Waals surface area contributed by atoms with Gasteiger partial charge in [0, 0.05) is 6.04 Å². The molecule has 0 spiro atoms. The minimum atomic E-state index is -3.69. The van der Waals surface area contributed by atoms with E-state index in [9.17, 15) is 12.8 Å². The van der Waals surface area contributed by atoms with E-state index < -0.39 is 15.8 Å². The number of anilines is 1.